The van der Waals surface area contributed by atoms with Crippen molar-refractivity contribution in [1.82, 2.24) is 5.32 Å². The zero-order chi connectivity index (χ0) is 27.8. The summed E-state index contributed by atoms with van der Waals surface area (Å²) >= 11 is 19.7. The topological polar surface area (TPSA) is 75.3 Å². The maximum absolute atomic E-state index is 13.2. The molecule has 196 valence electrons. The lowest BCUT2D eigenvalue weighted by atomic mass is 10.1. The van der Waals surface area contributed by atoms with Gasteiger partial charge in [-0.2, -0.15) is 0 Å². The van der Waals surface area contributed by atoms with Gasteiger partial charge in [0.1, 0.15) is 5.70 Å². The Morgan fingerprint density at radius 1 is 0.769 bits per heavy atom. The van der Waals surface area contributed by atoms with Crippen molar-refractivity contribution >= 4 is 75.9 Å². The normalized spacial score (nSPS) is 11.1. The second kappa shape index (κ2) is 13.5. The van der Waals surface area contributed by atoms with E-state index >= 15 is 0 Å². The van der Waals surface area contributed by atoms with Gasteiger partial charge in [0.25, 0.3) is 11.8 Å². The highest BCUT2D eigenvalue weighted by Crippen LogP contribution is 2.26. The van der Waals surface area contributed by atoms with E-state index in [1.54, 1.807) is 91.0 Å². The lowest BCUT2D eigenvalue weighted by molar-refractivity contribution is -0.113. The summed E-state index contributed by atoms with van der Waals surface area (Å²) < 4.78 is 0. The first-order chi connectivity index (χ1) is 18.8. The van der Waals surface area contributed by atoms with Crippen LogP contribution in [0.5, 0.6) is 0 Å². The number of carbonyl (C=O) groups is 3. The predicted molar refractivity (Wildman–Crippen MR) is 160 cm³/mol. The summed E-state index contributed by atoms with van der Waals surface area (Å²) in [4.78, 5) is 39.4. The Bertz CT molecular complexity index is 1540. The van der Waals surface area contributed by atoms with Crippen molar-refractivity contribution in [3.8, 4) is 0 Å². The van der Waals surface area contributed by atoms with Crippen LogP contribution in [-0.4, -0.2) is 23.4 Å². The standard InChI is InChI=1S/C30H21Cl3N2O3S/c31-21-10-15-24(26(33)17-21)28(36)18-39-23-13-11-22(12-14-23)34-30(38)27(16-20-8-4-5-9-25(20)32)35-29(37)19-6-2-1-3-7-19/h1-17H,18H2,(H,34,38)(H,35,37)/b27-16-. The summed E-state index contributed by atoms with van der Waals surface area (Å²) in [5, 5.41) is 6.70. The first-order valence-corrected chi connectivity index (χ1v) is 13.8. The number of Topliss-reactive ketones (excluding diaryl/α,β-unsaturated/α-hetero) is 1. The zero-order valence-electron chi connectivity index (χ0n) is 20.3. The molecule has 0 bridgehead atoms. The van der Waals surface area contributed by atoms with Crippen LogP contribution in [0.3, 0.4) is 0 Å². The Balaban J connectivity index is 1.45. The van der Waals surface area contributed by atoms with Crippen molar-refractivity contribution in [2.24, 2.45) is 0 Å². The molecular formula is C30H21Cl3N2O3S. The number of rotatable bonds is 9. The molecule has 5 nitrogen and oxygen atoms in total. The van der Waals surface area contributed by atoms with Gasteiger partial charge in [-0.1, -0.05) is 71.2 Å². The molecule has 0 radical (unpaired) electrons. The maximum atomic E-state index is 13.2. The molecule has 0 unspecified atom stereocenters. The molecule has 4 aromatic rings. The van der Waals surface area contributed by atoms with Crippen LogP contribution in [0.25, 0.3) is 6.08 Å². The highest BCUT2D eigenvalue weighted by Gasteiger charge is 2.16. The second-order valence-corrected chi connectivity index (χ2v) is 10.5. The highest BCUT2D eigenvalue weighted by molar-refractivity contribution is 8.00. The lowest BCUT2D eigenvalue weighted by Gasteiger charge is -2.12. The lowest BCUT2D eigenvalue weighted by Crippen LogP contribution is -2.30. The maximum Gasteiger partial charge on any atom is 0.272 e. The van der Waals surface area contributed by atoms with Crippen molar-refractivity contribution in [3.63, 3.8) is 0 Å². The summed E-state index contributed by atoms with van der Waals surface area (Å²) in [7, 11) is 0. The third kappa shape index (κ3) is 7.97. The van der Waals surface area contributed by atoms with E-state index in [9.17, 15) is 14.4 Å². The number of amides is 2. The number of hydrogen-bond donors (Lipinski definition) is 2. The van der Waals surface area contributed by atoms with Crippen LogP contribution < -0.4 is 10.6 Å². The predicted octanol–water partition coefficient (Wildman–Crippen LogP) is 8.03. The number of halogens is 3. The summed E-state index contributed by atoms with van der Waals surface area (Å²) in [6, 6.07) is 27.4. The van der Waals surface area contributed by atoms with Gasteiger partial charge in [-0.3, -0.25) is 14.4 Å². The first-order valence-electron chi connectivity index (χ1n) is 11.7. The molecule has 0 saturated carbocycles. The largest absolute Gasteiger partial charge is 0.321 e. The van der Waals surface area contributed by atoms with Crippen molar-refractivity contribution in [1.29, 1.82) is 0 Å². The van der Waals surface area contributed by atoms with E-state index in [0.717, 1.165) is 4.90 Å². The molecule has 2 N–H and O–H groups in total. The monoisotopic (exact) mass is 594 g/mol. The minimum Gasteiger partial charge on any atom is -0.321 e. The third-order valence-electron chi connectivity index (χ3n) is 5.45. The Morgan fingerprint density at radius 3 is 2.15 bits per heavy atom. The van der Waals surface area contributed by atoms with Crippen molar-refractivity contribution in [3.05, 3.63) is 135 Å². The molecule has 0 atom stereocenters. The molecule has 0 aliphatic carbocycles. The minimum atomic E-state index is -0.521. The van der Waals surface area contributed by atoms with E-state index in [0.29, 0.717) is 37.4 Å². The highest BCUT2D eigenvalue weighted by atomic mass is 35.5. The van der Waals surface area contributed by atoms with Gasteiger partial charge in [0.05, 0.1) is 10.8 Å². The van der Waals surface area contributed by atoms with E-state index in [-0.39, 0.29) is 17.2 Å². The molecule has 4 rings (SSSR count). The molecule has 0 saturated heterocycles. The van der Waals surface area contributed by atoms with Gasteiger partial charge in [-0.05, 0) is 72.3 Å². The Kier molecular flexibility index (Phi) is 9.85. The summed E-state index contributed by atoms with van der Waals surface area (Å²) in [6.45, 7) is 0. The van der Waals surface area contributed by atoms with Gasteiger partial charge in [0.2, 0.25) is 0 Å². The number of nitrogens with one attached hydrogen (secondary N) is 2. The molecule has 0 heterocycles. The van der Waals surface area contributed by atoms with Crippen molar-refractivity contribution in [2.75, 3.05) is 11.1 Å². The molecule has 9 heteroatoms. The van der Waals surface area contributed by atoms with Gasteiger partial charge in [0, 0.05) is 31.8 Å². The SMILES string of the molecule is O=C(Nc1ccc(SCC(=O)c2ccc(Cl)cc2Cl)cc1)/C(=C/c1ccccc1Cl)NC(=O)c1ccccc1. The molecule has 0 spiro atoms. The van der Waals surface area contributed by atoms with Crippen LogP contribution in [0, 0.1) is 0 Å². The number of benzene rings is 4. The minimum absolute atomic E-state index is 0.0286. The van der Waals surface area contributed by atoms with Crippen LogP contribution in [0.15, 0.2) is 108 Å². The average molecular weight is 596 g/mol. The Labute approximate surface area is 245 Å². The third-order valence-corrected chi connectivity index (χ3v) is 7.35. The second-order valence-electron chi connectivity index (χ2n) is 8.21. The molecule has 0 aromatic heterocycles. The molecule has 0 fully saturated rings. The molecule has 39 heavy (non-hydrogen) atoms. The number of anilines is 1. The van der Waals surface area contributed by atoms with Crippen LogP contribution in [0.1, 0.15) is 26.3 Å². The van der Waals surface area contributed by atoms with Crippen LogP contribution in [0.4, 0.5) is 5.69 Å². The number of ketones is 1. The van der Waals surface area contributed by atoms with Gasteiger partial charge >= 0.3 is 0 Å². The van der Waals surface area contributed by atoms with Crippen LogP contribution in [-0.2, 0) is 4.79 Å². The Hall–Kier alpha value is -3.55. The smallest absolute Gasteiger partial charge is 0.272 e. The fourth-order valence-electron chi connectivity index (χ4n) is 3.47. The summed E-state index contributed by atoms with van der Waals surface area (Å²) in [5.74, 6) is -0.889. The molecule has 0 aliphatic rings. The molecule has 2 amide bonds. The molecule has 0 aliphatic heterocycles. The average Bonchev–Trinajstić information content (AvgIpc) is 2.93. The summed E-state index contributed by atoms with van der Waals surface area (Å²) in [5.41, 5.74) is 1.94. The quantitative estimate of drug-likeness (QED) is 0.117. The van der Waals surface area contributed by atoms with Crippen molar-refractivity contribution < 1.29 is 14.4 Å². The Morgan fingerprint density at radius 2 is 1.46 bits per heavy atom. The van der Waals surface area contributed by atoms with E-state index < -0.39 is 11.8 Å². The van der Waals surface area contributed by atoms with Gasteiger partial charge in [-0.15, -0.1) is 11.8 Å². The fourth-order valence-corrected chi connectivity index (χ4v) is 4.95. The van der Waals surface area contributed by atoms with Gasteiger partial charge in [-0.25, -0.2) is 0 Å². The van der Waals surface area contributed by atoms with E-state index in [2.05, 4.69) is 10.6 Å². The van der Waals surface area contributed by atoms with E-state index in [1.807, 2.05) is 0 Å². The zero-order valence-corrected chi connectivity index (χ0v) is 23.4. The van der Waals surface area contributed by atoms with E-state index in [1.165, 1.54) is 23.9 Å². The first kappa shape index (κ1) is 28.5. The van der Waals surface area contributed by atoms with Gasteiger partial charge in [0.15, 0.2) is 5.78 Å². The van der Waals surface area contributed by atoms with Crippen molar-refractivity contribution in [2.45, 2.75) is 4.90 Å². The van der Waals surface area contributed by atoms with Gasteiger partial charge < -0.3 is 10.6 Å². The number of thioether (sulfide) groups is 1. The van der Waals surface area contributed by atoms with Crippen LogP contribution in [0.2, 0.25) is 15.1 Å². The molecule has 4 aromatic carbocycles. The molecular weight excluding hydrogens is 575 g/mol. The van der Waals surface area contributed by atoms with E-state index in [4.69, 9.17) is 34.8 Å². The number of hydrogen-bond acceptors (Lipinski definition) is 4. The number of carbonyl (C=O) groups excluding carboxylic acids is 3. The fraction of sp³-hybridized carbons (Fsp3) is 0.0333. The van der Waals surface area contributed by atoms with Crippen LogP contribution >= 0.6 is 46.6 Å². The summed E-state index contributed by atoms with van der Waals surface area (Å²) in [6.07, 6.45) is 1.52.